The Balaban J connectivity index is 1.85. The molecule has 1 aromatic rings. The molecular weight excluding hydrogens is 212 g/mol. The van der Waals surface area contributed by atoms with Gasteiger partial charge in [0.15, 0.2) is 0 Å². The highest BCUT2D eigenvalue weighted by Crippen LogP contribution is 2.27. The van der Waals surface area contributed by atoms with Crippen LogP contribution in [0.3, 0.4) is 0 Å². The van der Waals surface area contributed by atoms with Crippen molar-refractivity contribution < 1.29 is 4.74 Å². The van der Waals surface area contributed by atoms with Gasteiger partial charge in [-0.1, -0.05) is 13.8 Å². The molecule has 2 N–H and O–H groups in total. The van der Waals surface area contributed by atoms with Crippen LogP contribution in [0.1, 0.15) is 25.8 Å². The van der Waals surface area contributed by atoms with Gasteiger partial charge in [0.1, 0.15) is 5.75 Å². The summed E-state index contributed by atoms with van der Waals surface area (Å²) in [5, 5.41) is 6.82. The maximum atomic E-state index is 5.60. The van der Waals surface area contributed by atoms with E-state index in [1.807, 2.05) is 0 Å². The summed E-state index contributed by atoms with van der Waals surface area (Å²) in [6.07, 6.45) is 2.26. The van der Waals surface area contributed by atoms with Gasteiger partial charge in [-0.25, -0.2) is 0 Å². The lowest BCUT2D eigenvalue weighted by molar-refractivity contribution is 0.288. The molecule has 3 nitrogen and oxygen atoms in total. The first kappa shape index (κ1) is 12.2. The van der Waals surface area contributed by atoms with Crippen molar-refractivity contribution in [1.29, 1.82) is 0 Å². The molecule has 0 aliphatic carbocycles. The number of rotatable bonds is 5. The van der Waals surface area contributed by atoms with Crippen molar-refractivity contribution in [2.45, 2.75) is 32.7 Å². The Morgan fingerprint density at radius 3 is 3.00 bits per heavy atom. The molecule has 0 saturated heterocycles. The van der Waals surface area contributed by atoms with Gasteiger partial charge in [-0.15, -0.1) is 0 Å². The fraction of sp³-hybridized carbons (Fsp3) is 0.571. The van der Waals surface area contributed by atoms with Gasteiger partial charge in [-0.05, 0) is 36.6 Å². The Bertz CT molecular complexity index is 363. The van der Waals surface area contributed by atoms with E-state index in [1.165, 1.54) is 11.3 Å². The molecule has 0 amide bonds. The van der Waals surface area contributed by atoms with E-state index >= 15 is 0 Å². The maximum absolute atomic E-state index is 5.60. The second-order valence-electron chi connectivity index (χ2n) is 4.81. The largest absolute Gasteiger partial charge is 0.493 e. The summed E-state index contributed by atoms with van der Waals surface area (Å²) in [7, 11) is 0. The van der Waals surface area contributed by atoms with Crippen molar-refractivity contribution in [2.75, 3.05) is 25.0 Å². The Kier molecular flexibility index (Phi) is 4.26. The zero-order chi connectivity index (χ0) is 12.1. The molecule has 0 fully saturated rings. The van der Waals surface area contributed by atoms with Crippen molar-refractivity contribution in [3.63, 3.8) is 0 Å². The van der Waals surface area contributed by atoms with E-state index < -0.39 is 0 Å². The molecule has 0 bridgehead atoms. The summed E-state index contributed by atoms with van der Waals surface area (Å²) in [6.45, 7) is 7.13. The summed E-state index contributed by atoms with van der Waals surface area (Å²) in [6, 6.07) is 6.93. The molecule has 2 rings (SSSR count). The molecule has 3 heteroatoms. The molecule has 0 unspecified atom stereocenters. The predicted molar refractivity (Wildman–Crippen MR) is 71.9 cm³/mol. The van der Waals surface area contributed by atoms with E-state index in [1.54, 1.807) is 0 Å². The molecule has 0 radical (unpaired) electrons. The second kappa shape index (κ2) is 5.92. The van der Waals surface area contributed by atoms with Crippen molar-refractivity contribution in [3.05, 3.63) is 23.8 Å². The van der Waals surface area contributed by atoms with E-state index in [4.69, 9.17) is 4.74 Å². The highest BCUT2D eigenvalue weighted by Gasteiger charge is 2.09. The highest BCUT2D eigenvalue weighted by molar-refractivity contribution is 5.51. The first-order valence-corrected chi connectivity index (χ1v) is 6.48. The molecule has 17 heavy (non-hydrogen) atoms. The average molecular weight is 234 g/mol. The maximum Gasteiger partial charge on any atom is 0.122 e. The van der Waals surface area contributed by atoms with Gasteiger partial charge in [0.25, 0.3) is 0 Å². The number of nitrogens with one attached hydrogen (secondary N) is 2. The van der Waals surface area contributed by atoms with Crippen LogP contribution < -0.4 is 15.4 Å². The molecular formula is C14H22N2O. The van der Waals surface area contributed by atoms with Crippen molar-refractivity contribution in [2.24, 2.45) is 0 Å². The van der Waals surface area contributed by atoms with E-state index in [0.29, 0.717) is 6.04 Å². The van der Waals surface area contributed by atoms with Gasteiger partial charge in [0.05, 0.1) is 6.61 Å². The second-order valence-corrected chi connectivity index (χ2v) is 4.81. The van der Waals surface area contributed by atoms with Crippen LogP contribution in [0.25, 0.3) is 0 Å². The summed E-state index contributed by atoms with van der Waals surface area (Å²) in [4.78, 5) is 0. The lowest BCUT2D eigenvalue weighted by Gasteiger charge is -2.18. The lowest BCUT2D eigenvalue weighted by atomic mass is 10.1. The molecule has 1 aromatic carbocycles. The van der Waals surface area contributed by atoms with Crippen LogP contribution >= 0.6 is 0 Å². The predicted octanol–water partition coefficient (Wildman–Crippen LogP) is 2.42. The molecule has 1 aliphatic heterocycles. The Hall–Kier alpha value is -1.22. The van der Waals surface area contributed by atoms with Gasteiger partial charge < -0.3 is 15.4 Å². The van der Waals surface area contributed by atoms with Gasteiger partial charge >= 0.3 is 0 Å². The molecule has 0 saturated carbocycles. The third-order valence-corrected chi connectivity index (χ3v) is 2.92. The van der Waals surface area contributed by atoms with Crippen LogP contribution in [0.4, 0.5) is 5.69 Å². The first-order chi connectivity index (χ1) is 8.25. The van der Waals surface area contributed by atoms with E-state index in [2.05, 4.69) is 42.7 Å². The third kappa shape index (κ3) is 3.63. The fourth-order valence-electron chi connectivity index (χ4n) is 2.04. The topological polar surface area (TPSA) is 33.3 Å². The number of hydrogen-bond donors (Lipinski definition) is 2. The number of hydrogen-bond acceptors (Lipinski definition) is 3. The number of fused-ring (bicyclic) bond motifs is 1. The normalized spacial score (nSPS) is 14.3. The van der Waals surface area contributed by atoms with E-state index in [-0.39, 0.29) is 0 Å². The highest BCUT2D eigenvalue weighted by atomic mass is 16.5. The Morgan fingerprint density at radius 2 is 2.18 bits per heavy atom. The summed E-state index contributed by atoms with van der Waals surface area (Å²) in [5.41, 5.74) is 2.53. The number of benzene rings is 1. The van der Waals surface area contributed by atoms with Crippen molar-refractivity contribution in [1.82, 2.24) is 5.32 Å². The number of aryl methyl sites for hydroxylation is 1. The van der Waals surface area contributed by atoms with Crippen LogP contribution in [0.5, 0.6) is 5.75 Å². The zero-order valence-corrected chi connectivity index (χ0v) is 10.8. The fourth-order valence-corrected chi connectivity index (χ4v) is 2.04. The molecule has 94 valence electrons. The minimum atomic E-state index is 0.550. The van der Waals surface area contributed by atoms with Gasteiger partial charge in [0, 0.05) is 24.8 Å². The van der Waals surface area contributed by atoms with Crippen LogP contribution in [-0.2, 0) is 6.42 Å². The van der Waals surface area contributed by atoms with Crippen molar-refractivity contribution >= 4 is 5.69 Å². The monoisotopic (exact) mass is 234 g/mol. The van der Waals surface area contributed by atoms with Crippen LogP contribution in [0.15, 0.2) is 18.2 Å². The number of ether oxygens (including phenoxy) is 1. The third-order valence-electron chi connectivity index (χ3n) is 2.92. The summed E-state index contributed by atoms with van der Waals surface area (Å²) in [5.74, 6) is 1.06. The lowest BCUT2D eigenvalue weighted by Crippen LogP contribution is -2.28. The molecule has 1 heterocycles. The SMILES string of the molecule is CC(C)NCCNc1ccc2c(c1)CCCO2. The van der Waals surface area contributed by atoms with Crippen LogP contribution in [-0.4, -0.2) is 25.7 Å². The molecule has 0 aromatic heterocycles. The first-order valence-electron chi connectivity index (χ1n) is 6.48. The van der Waals surface area contributed by atoms with E-state index in [9.17, 15) is 0 Å². The van der Waals surface area contributed by atoms with Crippen molar-refractivity contribution in [3.8, 4) is 5.75 Å². The van der Waals surface area contributed by atoms with Crippen LogP contribution in [0.2, 0.25) is 0 Å². The minimum Gasteiger partial charge on any atom is -0.493 e. The molecule has 0 atom stereocenters. The smallest absolute Gasteiger partial charge is 0.122 e. The Labute approximate surface area is 104 Å². The van der Waals surface area contributed by atoms with Gasteiger partial charge in [-0.2, -0.15) is 0 Å². The minimum absolute atomic E-state index is 0.550. The Morgan fingerprint density at radius 1 is 1.29 bits per heavy atom. The standard InChI is InChI=1S/C14H22N2O/c1-11(2)15-7-8-16-13-5-6-14-12(10-13)4-3-9-17-14/h5-6,10-11,15-16H,3-4,7-9H2,1-2H3. The average Bonchev–Trinajstić information content (AvgIpc) is 2.34. The number of anilines is 1. The quantitative estimate of drug-likeness (QED) is 0.768. The van der Waals surface area contributed by atoms with Gasteiger partial charge in [0.2, 0.25) is 0 Å². The van der Waals surface area contributed by atoms with Gasteiger partial charge in [-0.3, -0.25) is 0 Å². The molecule has 1 aliphatic rings. The van der Waals surface area contributed by atoms with E-state index in [0.717, 1.165) is 38.3 Å². The summed E-state index contributed by atoms with van der Waals surface area (Å²) >= 11 is 0. The van der Waals surface area contributed by atoms with Crippen LogP contribution in [0, 0.1) is 0 Å². The zero-order valence-electron chi connectivity index (χ0n) is 10.8. The summed E-state index contributed by atoms with van der Waals surface area (Å²) < 4.78 is 5.60. The molecule has 0 spiro atoms.